The highest BCUT2D eigenvalue weighted by molar-refractivity contribution is 5.80. The average molecular weight is 264 g/mol. The van der Waals surface area contributed by atoms with Gasteiger partial charge in [0.15, 0.2) is 0 Å². The van der Waals surface area contributed by atoms with E-state index >= 15 is 0 Å². The summed E-state index contributed by atoms with van der Waals surface area (Å²) >= 11 is 0. The van der Waals surface area contributed by atoms with Crippen LogP contribution in [-0.2, 0) is 9.53 Å². The highest BCUT2D eigenvalue weighted by atomic mass is 16.5. The fourth-order valence-electron chi connectivity index (χ4n) is 2.14. The largest absolute Gasteiger partial charge is 0.497 e. The topological polar surface area (TPSA) is 73.6 Å². The van der Waals surface area contributed by atoms with Gasteiger partial charge in [0.25, 0.3) is 0 Å². The van der Waals surface area contributed by atoms with Crippen LogP contribution in [-0.4, -0.2) is 32.3 Å². The van der Waals surface area contributed by atoms with E-state index in [2.05, 4.69) is 5.32 Å². The third kappa shape index (κ3) is 3.24. The molecule has 0 saturated carbocycles. The summed E-state index contributed by atoms with van der Waals surface area (Å²) in [5, 5.41) is 2.97. The smallest absolute Gasteiger partial charge is 0.227 e. The van der Waals surface area contributed by atoms with E-state index in [9.17, 15) is 4.79 Å². The van der Waals surface area contributed by atoms with E-state index in [1.807, 2.05) is 31.2 Å². The summed E-state index contributed by atoms with van der Waals surface area (Å²) in [6.45, 7) is 2.80. The summed E-state index contributed by atoms with van der Waals surface area (Å²) < 4.78 is 10.3. The normalized spacial score (nSPS) is 23.9. The van der Waals surface area contributed by atoms with E-state index in [-0.39, 0.29) is 23.9 Å². The molecule has 3 atom stereocenters. The molecule has 3 unspecified atom stereocenters. The van der Waals surface area contributed by atoms with Gasteiger partial charge in [0.05, 0.1) is 32.3 Å². The lowest BCUT2D eigenvalue weighted by molar-refractivity contribution is -0.125. The molecule has 0 spiro atoms. The van der Waals surface area contributed by atoms with Gasteiger partial charge in [-0.25, -0.2) is 0 Å². The Morgan fingerprint density at radius 2 is 2.11 bits per heavy atom. The fraction of sp³-hybridized carbons (Fsp3) is 0.500. The van der Waals surface area contributed by atoms with Crippen LogP contribution in [0.15, 0.2) is 24.3 Å². The number of carbonyl (C=O) groups excluding carboxylic acids is 1. The summed E-state index contributed by atoms with van der Waals surface area (Å²) in [5.41, 5.74) is 6.86. The highest BCUT2D eigenvalue weighted by Gasteiger charge is 2.31. The maximum Gasteiger partial charge on any atom is 0.227 e. The van der Waals surface area contributed by atoms with Crippen LogP contribution < -0.4 is 15.8 Å². The van der Waals surface area contributed by atoms with Crippen molar-refractivity contribution in [3.05, 3.63) is 29.8 Å². The van der Waals surface area contributed by atoms with Gasteiger partial charge in [-0.2, -0.15) is 0 Å². The first kappa shape index (κ1) is 13.8. The van der Waals surface area contributed by atoms with Gasteiger partial charge in [-0.1, -0.05) is 12.1 Å². The second-order valence-corrected chi connectivity index (χ2v) is 4.81. The molecule has 0 radical (unpaired) electrons. The van der Waals surface area contributed by atoms with Crippen LogP contribution in [0.25, 0.3) is 0 Å². The molecule has 1 amide bonds. The Morgan fingerprint density at radius 1 is 1.42 bits per heavy atom. The number of hydrogen-bond acceptors (Lipinski definition) is 4. The predicted molar refractivity (Wildman–Crippen MR) is 71.8 cm³/mol. The molecule has 0 bridgehead atoms. The number of nitrogens with two attached hydrogens (primary N) is 1. The van der Waals surface area contributed by atoms with E-state index < -0.39 is 0 Å². The number of hydrogen-bond donors (Lipinski definition) is 2. The van der Waals surface area contributed by atoms with Crippen LogP contribution in [0.5, 0.6) is 5.75 Å². The van der Waals surface area contributed by atoms with Crippen LogP contribution >= 0.6 is 0 Å². The van der Waals surface area contributed by atoms with Crippen molar-refractivity contribution in [3.8, 4) is 5.75 Å². The molecule has 104 valence electrons. The Balaban J connectivity index is 1.95. The monoisotopic (exact) mass is 264 g/mol. The van der Waals surface area contributed by atoms with E-state index in [1.54, 1.807) is 7.11 Å². The summed E-state index contributed by atoms with van der Waals surface area (Å²) in [7, 11) is 1.63. The van der Waals surface area contributed by atoms with Crippen LogP contribution in [0.2, 0.25) is 0 Å². The van der Waals surface area contributed by atoms with E-state index in [4.69, 9.17) is 15.2 Å². The van der Waals surface area contributed by atoms with Gasteiger partial charge in [0.2, 0.25) is 5.91 Å². The Morgan fingerprint density at radius 3 is 2.63 bits per heavy atom. The number of ether oxygens (including phenoxy) is 2. The van der Waals surface area contributed by atoms with E-state index in [1.165, 1.54) is 0 Å². The lowest BCUT2D eigenvalue weighted by atomic mass is 10.0. The maximum absolute atomic E-state index is 12.1. The molecule has 0 aliphatic carbocycles. The predicted octanol–water partition coefficient (Wildman–Crippen LogP) is 0.846. The van der Waals surface area contributed by atoms with Crippen LogP contribution in [0.1, 0.15) is 18.5 Å². The molecule has 1 aliphatic heterocycles. The fourth-order valence-corrected chi connectivity index (χ4v) is 2.14. The van der Waals surface area contributed by atoms with Gasteiger partial charge in [0, 0.05) is 6.04 Å². The molecule has 1 heterocycles. The molecule has 1 fully saturated rings. The van der Waals surface area contributed by atoms with Crippen molar-refractivity contribution in [1.29, 1.82) is 0 Å². The summed E-state index contributed by atoms with van der Waals surface area (Å²) in [5.74, 6) is 0.502. The van der Waals surface area contributed by atoms with Crippen molar-refractivity contribution >= 4 is 5.91 Å². The zero-order valence-corrected chi connectivity index (χ0v) is 11.3. The molecule has 5 heteroatoms. The molecular weight excluding hydrogens is 244 g/mol. The van der Waals surface area contributed by atoms with Crippen molar-refractivity contribution in [3.63, 3.8) is 0 Å². The Bertz CT molecular complexity index is 433. The first-order valence-electron chi connectivity index (χ1n) is 6.39. The van der Waals surface area contributed by atoms with Gasteiger partial charge in [-0.05, 0) is 24.6 Å². The number of nitrogens with one attached hydrogen (secondary N) is 1. The van der Waals surface area contributed by atoms with Crippen molar-refractivity contribution < 1.29 is 14.3 Å². The quantitative estimate of drug-likeness (QED) is 0.845. The zero-order chi connectivity index (χ0) is 13.8. The van der Waals surface area contributed by atoms with Gasteiger partial charge >= 0.3 is 0 Å². The molecule has 1 saturated heterocycles. The lowest BCUT2D eigenvalue weighted by Crippen LogP contribution is -2.41. The molecule has 1 aromatic rings. The number of amides is 1. The van der Waals surface area contributed by atoms with Crippen LogP contribution in [0.4, 0.5) is 0 Å². The summed E-state index contributed by atoms with van der Waals surface area (Å²) in [6.07, 6.45) is 0. The third-order valence-corrected chi connectivity index (χ3v) is 3.44. The number of benzene rings is 1. The Labute approximate surface area is 113 Å². The Kier molecular flexibility index (Phi) is 4.39. The third-order valence-electron chi connectivity index (χ3n) is 3.44. The average Bonchev–Trinajstić information content (AvgIpc) is 2.85. The van der Waals surface area contributed by atoms with Gasteiger partial charge in [-0.15, -0.1) is 0 Å². The summed E-state index contributed by atoms with van der Waals surface area (Å²) in [4.78, 5) is 12.1. The molecule has 0 aromatic heterocycles. The molecule has 1 aromatic carbocycles. The molecule has 19 heavy (non-hydrogen) atoms. The minimum Gasteiger partial charge on any atom is -0.497 e. The number of methoxy groups -OCH3 is 1. The molecule has 5 nitrogen and oxygen atoms in total. The second kappa shape index (κ2) is 6.04. The van der Waals surface area contributed by atoms with Gasteiger partial charge in [0.1, 0.15) is 5.75 Å². The summed E-state index contributed by atoms with van der Waals surface area (Å²) in [6, 6.07) is 7.36. The van der Waals surface area contributed by atoms with Crippen molar-refractivity contribution in [2.75, 3.05) is 20.3 Å². The second-order valence-electron chi connectivity index (χ2n) is 4.81. The van der Waals surface area contributed by atoms with Crippen molar-refractivity contribution in [2.24, 2.45) is 11.7 Å². The van der Waals surface area contributed by atoms with Crippen LogP contribution in [0.3, 0.4) is 0 Å². The first-order chi connectivity index (χ1) is 9.11. The molecule has 3 N–H and O–H groups in total. The van der Waals surface area contributed by atoms with Crippen LogP contribution in [0, 0.1) is 5.92 Å². The lowest BCUT2D eigenvalue weighted by Gasteiger charge is -2.19. The van der Waals surface area contributed by atoms with Crippen molar-refractivity contribution in [2.45, 2.75) is 19.0 Å². The molecular formula is C14H20N2O3. The maximum atomic E-state index is 12.1. The van der Waals surface area contributed by atoms with E-state index in [0.29, 0.717) is 13.2 Å². The number of rotatable bonds is 4. The minimum absolute atomic E-state index is 0.0479. The Hall–Kier alpha value is -1.59. The highest BCUT2D eigenvalue weighted by Crippen LogP contribution is 2.19. The molecule has 1 aliphatic rings. The van der Waals surface area contributed by atoms with Crippen molar-refractivity contribution in [1.82, 2.24) is 5.32 Å². The zero-order valence-electron chi connectivity index (χ0n) is 11.3. The first-order valence-corrected chi connectivity index (χ1v) is 6.39. The van der Waals surface area contributed by atoms with Gasteiger partial charge < -0.3 is 20.5 Å². The number of carbonyl (C=O) groups is 1. The molecule has 2 rings (SSSR count). The minimum atomic E-state index is -0.249. The SMILES string of the molecule is COc1ccc(C(C)NC(=O)C2COCC2N)cc1. The van der Waals surface area contributed by atoms with Gasteiger partial charge in [-0.3, -0.25) is 4.79 Å². The standard InChI is InChI=1S/C14H20N2O3/c1-9(10-3-5-11(18-2)6-4-10)16-14(17)12-7-19-8-13(12)15/h3-6,9,12-13H,7-8,15H2,1-2H3,(H,16,17). The van der Waals surface area contributed by atoms with E-state index in [0.717, 1.165) is 11.3 Å².